The molecular weight excluding hydrogens is 290 g/mol. The second-order valence-electron chi connectivity index (χ2n) is 6.07. The molecule has 1 aliphatic heterocycles. The number of hydrogen-bond acceptors (Lipinski definition) is 3. The van der Waals surface area contributed by atoms with Gasteiger partial charge in [-0.1, -0.05) is 18.2 Å². The van der Waals surface area contributed by atoms with E-state index in [-0.39, 0.29) is 5.91 Å². The molecule has 2 aromatic rings. The Hall–Kier alpha value is -2.30. The minimum absolute atomic E-state index is 0.0476. The van der Waals surface area contributed by atoms with Crippen LogP contribution in [0, 0.1) is 0 Å². The lowest BCUT2D eigenvalue weighted by Gasteiger charge is -2.34. The molecule has 1 aromatic carbocycles. The fraction of sp³-hybridized carbons (Fsp3) is 0.444. The topological polar surface area (TPSA) is 47.4 Å². The fourth-order valence-corrected chi connectivity index (χ4v) is 2.99. The van der Waals surface area contributed by atoms with E-state index in [4.69, 9.17) is 4.74 Å². The SMILES string of the molecule is C[C@@H]1CCCCN1C(=O)[C@@H](C)Oc1ccn(-c2ccccc2)n1. The zero-order chi connectivity index (χ0) is 16.2. The third kappa shape index (κ3) is 3.55. The Bertz CT molecular complexity index is 653. The highest BCUT2D eigenvalue weighted by Gasteiger charge is 2.28. The summed E-state index contributed by atoms with van der Waals surface area (Å²) in [7, 11) is 0. The first-order chi connectivity index (χ1) is 11.1. The third-order valence-electron chi connectivity index (χ3n) is 4.32. The van der Waals surface area contributed by atoms with Crippen molar-refractivity contribution in [3.63, 3.8) is 0 Å². The van der Waals surface area contributed by atoms with Gasteiger partial charge in [-0.25, -0.2) is 4.68 Å². The van der Waals surface area contributed by atoms with Gasteiger partial charge in [-0.3, -0.25) is 4.79 Å². The van der Waals surface area contributed by atoms with Crippen LogP contribution in [0.5, 0.6) is 5.88 Å². The van der Waals surface area contributed by atoms with Crippen LogP contribution in [-0.4, -0.2) is 39.3 Å². The molecule has 2 heterocycles. The highest BCUT2D eigenvalue weighted by Crippen LogP contribution is 2.19. The van der Waals surface area contributed by atoms with Crippen LogP contribution < -0.4 is 4.74 Å². The fourth-order valence-electron chi connectivity index (χ4n) is 2.99. The Morgan fingerprint density at radius 3 is 2.78 bits per heavy atom. The highest BCUT2D eigenvalue weighted by molar-refractivity contribution is 5.81. The lowest BCUT2D eigenvalue weighted by atomic mass is 10.0. The van der Waals surface area contributed by atoms with E-state index in [2.05, 4.69) is 12.0 Å². The summed E-state index contributed by atoms with van der Waals surface area (Å²) < 4.78 is 7.50. The van der Waals surface area contributed by atoms with Gasteiger partial charge in [0.05, 0.1) is 5.69 Å². The Morgan fingerprint density at radius 1 is 1.26 bits per heavy atom. The molecule has 1 fully saturated rings. The van der Waals surface area contributed by atoms with E-state index in [0.717, 1.165) is 25.1 Å². The average Bonchev–Trinajstić information content (AvgIpc) is 3.04. The van der Waals surface area contributed by atoms with Crippen molar-refractivity contribution < 1.29 is 9.53 Å². The minimum Gasteiger partial charge on any atom is -0.463 e. The molecule has 5 heteroatoms. The number of benzene rings is 1. The van der Waals surface area contributed by atoms with Gasteiger partial charge in [-0.2, -0.15) is 0 Å². The number of aromatic nitrogens is 2. The second kappa shape index (κ2) is 6.86. The molecule has 0 unspecified atom stereocenters. The normalized spacial score (nSPS) is 19.4. The maximum absolute atomic E-state index is 12.6. The minimum atomic E-state index is -0.519. The predicted octanol–water partition coefficient (Wildman–Crippen LogP) is 3.04. The Labute approximate surface area is 136 Å². The highest BCUT2D eigenvalue weighted by atomic mass is 16.5. The van der Waals surface area contributed by atoms with Crippen LogP contribution in [0.4, 0.5) is 0 Å². The van der Waals surface area contributed by atoms with E-state index in [9.17, 15) is 4.79 Å². The number of carbonyl (C=O) groups is 1. The van der Waals surface area contributed by atoms with Gasteiger partial charge in [0.2, 0.25) is 5.88 Å². The quantitative estimate of drug-likeness (QED) is 0.871. The van der Waals surface area contributed by atoms with Crippen LogP contribution >= 0.6 is 0 Å². The summed E-state index contributed by atoms with van der Waals surface area (Å²) in [6, 6.07) is 11.9. The molecule has 0 N–H and O–H groups in total. The number of rotatable bonds is 4. The van der Waals surface area contributed by atoms with Gasteiger partial charge >= 0.3 is 0 Å². The molecule has 1 saturated heterocycles. The van der Waals surface area contributed by atoms with Crippen molar-refractivity contribution in [3.8, 4) is 11.6 Å². The molecule has 3 rings (SSSR count). The molecule has 23 heavy (non-hydrogen) atoms. The number of ether oxygens (including phenoxy) is 1. The van der Waals surface area contributed by atoms with Crippen molar-refractivity contribution in [1.29, 1.82) is 0 Å². The van der Waals surface area contributed by atoms with Crippen molar-refractivity contribution >= 4 is 5.91 Å². The molecule has 0 spiro atoms. The summed E-state index contributed by atoms with van der Waals surface area (Å²) in [5, 5.41) is 4.39. The predicted molar refractivity (Wildman–Crippen MR) is 88.7 cm³/mol. The van der Waals surface area contributed by atoms with Crippen LogP contribution in [0.2, 0.25) is 0 Å². The van der Waals surface area contributed by atoms with Gasteiger partial charge in [-0.05, 0) is 45.2 Å². The molecule has 1 aromatic heterocycles. The van der Waals surface area contributed by atoms with Crippen LogP contribution in [-0.2, 0) is 4.79 Å². The number of carbonyl (C=O) groups excluding carboxylic acids is 1. The average molecular weight is 313 g/mol. The van der Waals surface area contributed by atoms with E-state index in [1.807, 2.05) is 41.4 Å². The van der Waals surface area contributed by atoms with Crippen LogP contribution in [0.1, 0.15) is 33.1 Å². The molecule has 1 aliphatic rings. The maximum atomic E-state index is 12.6. The molecule has 5 nitrogen and oxygen atoms in total. The molecule has 0 saturated carbocycles. The van der Waals surface area contributed by atoms with Gasteiger partial charge in [0.15, 0.2) is 6.10 Å². The zero-order valence-corrected chi connectivity index (χ0v) is 13.7. The van der Waals surface area contributed by atoms with Crippen molar-refractivity contribution in [3.05, 3.63) is 42.6 Å². The molecule has 0 bridgehead atoms. The Kier molecular flexibility index (Phi) is 4.65. The van der Waals surface area contributed by atoms with Gasteiger partial charge in [0, 0.05) is 24.8 Å². The summed E-state index contributed by atoms with van der Waals surface area (Å²) >= 11 is 0. The smallest absolute Gasteiger partial charge is 0.263 e. The molecule has 0 radical (unpaired) electrons. The van der Waals surface area contributed by atoms with Gasteiger partial charge < -0.3 is 9.64 Å². The van der Waals surface area contributed by atoms with E-state index in [1.165, 1.54) is 6.42 Å². The molecule has 2 atom stereocenters. The summed E-state index contributed by atoms with van der Waals surface area (Å²) in [6.07, 6.45) is 4.66. The van der Waals surface area contributed by atoms with Gasteiger partial charge in [0.1, 0.15) is 0 Å². The molecule has 0 aliphatic carbocycles. The first-order valence-corrected chi connectivity index (χ1v) is 8.23. The summed E-state index contributed by atoms with van der Waals surface area (Å²) in [5.74, 6) is 0.519. The van der Waals surface area contributed by atoms with Crippen molar-refractivity contribution in [2.45, 2.75) is 45.3 Å². The molecule has 122 valence electrons. The Balaban J connectivity index is 1.65. The third-order valence-corrected chi connectivity index (χ3v) is 4.32. The maximum Gasteiger partial charge on any atom is 0.263 e. The van der Waals surface area contributed by atoms with Gasteiger partial charge in [0.25, 0.3) is 5.91 Å². The molecular formula is C18H23N3O2. The first-order valence-electron chi connectivity index (χ1n) is 8.23. The summed E-state index contributed by atoms with van der Waals surface area (Å²) in [4.78, 5) is 14.5. The van der Waals surface area contributed by atoms with Crippen molar-refractivity contribution in [2.75, 3.05) is 6.54 Å². The number of likely N-dealkylation sites (tertiary alicyclic amines) is 1. The number of amides is 1. The number of para-hydroxylation sites is 1. The van der Waals surface area contributed by atoms with E-state index in [0.29, 0.717) is 11.9 Å². The standard InChI is InChI=1S/C18H23N3O2/c1-14-8-6-7-12-20(14)18(22)15(2)23-17-11-13-21(19-17)16-9-4-3-5-10-16/h3-5,9-11,13-15H,6-8,12H2,1-2H3/t14-,15-/m1/s1. The van der Waals surface area contributed by atoms with Crippen LogP contribution in [0.25, 0.3) is 5.69 Å². The van der Waals surface area contributed by atoms with Crippen molar-refractivity contribution in [1.82, 2.24) is 14.7 Å². The largest absolute Gasteiger partial charge is 0.463 e. The first kappa shape index (κ1) is 15.6. The van der Waals surface area contributed by atoms with Crippen LogP contribution in [0.3, 0.4) is 0 Å². The summed E-state index contributed by atoms with van der Waals surface area (Å²) in [5.41, 5.74) is 0.964. The van der Waals surface area contributed by atoms with E-state index < -0.39 is 6.10 Å². The van der Waals surface area contributed by atoms with Crippen LogP contribution in [0.15, 0.2) is 42.6 Å². The number of nitrogens with zero attached hydrogens (tertiary/aromatic N) is 3. The number of piperidine rings is 1. The molecule has 1 amide bonds. The Morgan fingerprint density at radius 2 is 2.04 bits per heavy atom. The van der Waals surface area contributed by atoms with E-state index >= 15 is 0 Å². The van der Waals surface area contributed by atoms with Gasteiger partial charge in [-0.15, -0.1) is 5.10 Å². The number of hydrogen-bond donors (Lipinski definition) is 0. The second-order valence-corrected chi connectivity index (χ2v) is 6.07. The summed E-state index contributed by atoms with van der Waals surface area (Å²) in [6.45, 7) is 4.73. The lowest BCUT2D eigenvalue weighted by molar-refractivity contribution is -0.141. The monoisotopic (exact) mass is 313 g/mol. The zero-order valence-electron chi connectivity index (χ0n) is 13.7. The van der Waals surface area contributed by atoms with E-state index in [1.54, 1.807) is 17.7 Å². The van der Waals surface area contributed by atoms with Crippen molar-refractivity contribution in [2.24, 2.45) is 0 Å². The lowest BCUT2D eigenvalue weighted by Crippen LogP contribution is -2.47.